The minimum atomic E-state index is -1.36. The van der Waals surface area contributed by atoms with Gasteiger partial charge in [0.1, 0.15) is 12.1 Å². The highest BCUT2D eigenvalue weighted by Gasteiger charge is 2.50. The van der Waals surface area contributed by atoms with E-state index < -0.39 is 36.0 Å². The smallest absolute Gasteiger partial charge is 0.325 e. The molecule has 1 aromatic rings. The molecule has 2 N–H and O–H groups in total. The standard InChI is InChI=1S/C15H15ClN4O4/c1-15(9-4-2-3-5-10(9)16)12(22)20(14(24)18-15)8-11(21)19-7-6-17-13(19)23/h2-5H,6-8H2,1H3,(H,17,23)(H,18,24)/t15-/m1/s1. The monoisotopic (exact) mass is 350 g/mol. The normalized spacial score (nSPS) is 23.5. The summed E-state index contributed by atoms with van der Waals surface area (Å²) in [5, 5.41) is 5.40. The van der Waals surface area contributed by atoms with Crippen molar-refractivity contribution in [2.24, 2.45) is 0 Å². The zero-order valence-electron chi connectivity index (χ0n) is 12.8. The summed E-state index contributed by atoms with van der Waals surface area (Å²) >= 11 is 6.13. The zero-order valence-corrected chi connectivity index (χ0v) is 13.6. The third-order valence-electron chi connectivity index (χ3n) is 4.14. The lowest BCUT2D eigenvalue weighted by Crippen LogP contribution is -2.45. The molecule has 2 aliphatic rings. The van der Waals surface area contributed by atoms with Gasteiger partial charge in [0, 0.05) is 23.7 Å². The zero-order chi connectivity index (χ0) is 17.5. The van der Waals surface area contributed by atoms with Gasteiger partial charge in [-0.2, -0.15) is 0 Å². The van der Waals surface area contributed by atoms with E-state index in [0.717, 1.165) is 9.80 Å². The summed E-state index contributed by atoms with van der Waals surface area (Å²) in [6.07, 6.45) is 0. The first-order chi connectivity index (χ1) is 11.3. The average Bonchev–Trinajstić information content (AvgIpc) is 3.05. The number of rotatable bonds is 3. The van der Waals surface area contributed by atoms with Crippen LogP contribution in [0, 0.1) is 0 Å². The van der Waals surface area contributed by atoms with Crippen LogP contribution in [0.25, 0.3) is 0 Å². The number of imide groups is 2. The number of halogens is 1. The molecule has 1 atom stereocenters. The van der Waals surface area contributed by atoms with E-state index >= 15 is 0 Å². The highest BCUT2D eigenvalue weighted by atomic mass is 35.5. The molecule has 8 nitrogen and oxygen atoms in total. The maximum Gasteiger partial charge on any atom is 0.325 e. The Balaban J connectivity index is 1.83. The molecular weight excluding hydrogens is 336 g/mol. The number of nitrogens with one attached hydrogen (secondary N) is 2. The summed E-state index contributed by atoms with van der Waals surface area (Å²) in [4.78, 5) is 50.4. The lowest BCUT2D eigenvalue weighted by molar-refractivity contribution is -0.137. The van der Waals surface area contributed by atoms with E-state index in [1.54, 1.807) is 24.3 Å². The Bertz CT molecular complexity index is 753. The Morgan fingerprint density at radius 3 is 2.58 bits per heavy atom. The summed E-state index contributed by atoms with van der Waals surface area (Å²) in [5.41, 5.74) is -0.915. The summed E-state index contributed by atoms with van der Waals surface area (Å²) < 4.78 is 0. The molecule has 0 aromatic heterocycles. The fraction of sp³-hybridized carbons (Fsp3) is 0.333. The van der Waals surface area contributed by atoms with E-state index in [0.29, 0.717) is 17.1 Å². The molecule has 9 heteroatoms. The van der Waals surface area contributed by atoms with Crippen LogP contribution in [0.5, 0.6) is 0 Å². The number of amides is 6. The Labute approximate surface area is 142 Å². The van der Waals surface area contributed by atoms with Crippen molar-refractivity contribution < 1.29 is 19.2 Å². The average molecular weight is 351 g/mol. The van der Waals surface area contributed by atoms with Crippen molar-refractivity contribution in [3.63, 3.8) is 0 Å². The van der Waals surface area contributed by atoms with Crippen molar-refractivity contribution in [3.8, 4) is 0 Å². The number of nitrogens with zero attached hydrogens (tertiary/aromatic N) is 2. The minimum Gasteiger partial charge on any atom is -0.336 e. The second-order valence-electron chi connectivity index (χ2n) is 5.70. The van der Waals surface area contributed by atoms with E-state index in [1.807, 2.05) is 0 Å². The van der Waals surface area contributed by atoms with Crippen molar-refractivity contribution in [2.45, 2.75) is 12.5 Å². The second kappa shape index (κ2) is 5.79. The number of carbonyl (C=O) groups excluding carboxylic acids is 4. The van der Waals surface area contributed by atoms with Crippen LogP contribution in [-0.4, -0.2) is 53.3 Å². The van der Waals surface area contributed by atoms with E-state index in [2.05, 4.69) is 10.6 Å². The third-order valence-corrected chi connectivity index (χ3v) is 4.47. The van der Waals surface area contributed by atoms with E-state index in [4.69, 9.17) is 11.6 Å². The van der Waals surface area contributed by atoms with Gasteiger partial charge in [-0.1, -0.05) is 29.8 Å². The number of benzene rings is 1. The van der Waals surface area contributed by atoms with E-state index in [-0.39, 0.29) is 6.54 Å². The highest BCUT2D eigenvalue weighted by Crippen LogP contribution is 2.33. The molecule has 2 fully saturated rings. The molecule has 6 amide bonds. The molecule has 2 saturated heterocycles. The summed E-state index contributed by atoms with van der Waals surface area (Å²) in [6.45, 7) is 1.59. The fourth-order valence-corrected chi connectivity index (χ4v) is 3.14. The molecule has 2 heterocycles. The lowest BCUT2D eigenvalue weighted by atomic mass is 9.92. The molecule has 3 rings (SSSR count). The van der Waals surface area contributed by atoms with Crippen molar-refractivity contribution in [1.82, 2.24) is 20.4 Å². The molecule has 2 aliphatic heterocycles. The molecule has 1 aromatic carbocycles. The molecule has 0 spiro atoms. The molecule has 0 unspecified atom stereocenters. The first kappa shape index (κ1) is 16.3. The Hall–Kier alpha value is -2.61. The first-order valence-corrected chi connectivity index (χ1v) is 7.69. The summed E-state index contributed by atoms with van der Waals surface area (Å²) in [7, 11) is 0. The molecule has 0 radical (unpaired) electrons. The van der Waals surface area contributed by atoms with Crippen LogP contribution in [0.4, 0.5) is 9.59 Å². The maximum absolute atomic E-state index is 12.7. The van der Waals surface area contributed by atoms with Crippen LogP contribution in [0.2, 0.25) is 5.02 Å². The molecule has 24 heavy (non-hydrogen) atoms. The van der Waals surface area contributed by atoms with Gasteiger partial charge in [0.2, 0.25) is 0 Å². The summed E-state index contributed by atoms with van der Waals surface area (Å²) in [5.74, 6) is -1.20. The summed E-state index contributed by atoms with van der Waals surface area (Å²) in [6, 6.07) is 5.44. The van der Waals surface area contributed by atoms with E-state index in [1.165, 1.54) is 6.92 Å². The minimum absolute atomic E-state index is 0.211. The van der Waals surface area contributed by atoms with Crippen molar-refractivity contribution in [2.75, 3.05) is 19.6 Å². The largest absolute Gasteiger partial charge is 0.336 e. The van der Waals surface area contributed by atoms with Gasteiger partial charge in [-0.05, 0) is 13.0 Å². The van der Waals surface area contributed by atoms with Crippen molar-refractivity contribution in [1.29, 1.82) is 0 Å². The molecule has 0 saturated carbocycles. The maximum atomic E-state index is 12.7. The van der Waals surface area contributed by atoms with Crippen molar-refractivity contribution >= 4 is 35.5 Å². The Morgan fingerprint density at radius 1 is 1.25 bits per heavy atom. The van der Waals surface area contributed by atoms with Crippen LogP contribution in [0.15, 0.2) is 24.3 Å². The molecule has 0 bridgehead atoms. The van der Waals surface area contributed by atoms with Gasteiger partial charge in [0.15, 0.2) is 0 Å². The molecular formula is C15H15ClN4O4. The predicted molar refractivity (Wildman–Crippen MR) is 84.2 cm³/mol. The highest BCUT2D eigenvalue weighted by molar-refractivity contribution is 6.32. The SMILES string of the molecule is C[C@]1(c2ccccc2Cl)NC(=O)N(CC(=O)N2CCNC2=O)C1=O. The number of hydrogen-bond acceptors (Lipinski definition) is 4. The third kappa shape index (κ3) is 2.48. The molecule has 0 aliphatic carbocycles. The Morgan fingerprint density at radius 2 is 1.96 bits per heavy atom. The second-order valence-corrected chi connectivity index (χ2v) is 6.11. The van der Waals surface area contributed by atoms with Crippen LogP contribution >= 0.6 is 11.6 Å². The van der Waals surface area contributed by atoms with Crippen LogP contribution < -0.4 is 10.6 Å². The molecule has 126 valence electrons. The van der Waals surface area contributed by atoms with Gasteiger partial charge in [-0.25, -0.2) is 9.59 Å². The quantitative estimate of drug-likeness (QED) is 0.782. The van der Waals surface area contributed by atoms with Crippen LogP contribution in [0.1, 0.15) is 12.5 Å². The topological polar surface area (TPSA) is 98.8 Å². The van der Waals surface area contributed by atoms with Gasteiger partial charge in [0.25, 0.3) is 11.8 Å². The van der Waals surface area contributed by atoms with Crippen LogP contribution in [-0.2, 0) is 15.1 Å². The van der Waals surface area contributed by atoms with Crippen molar-refractivity contribution in [3.05, 3.63) is 34.9 Å². The predicted octanol–water partition coefficient (Wildman–Crippen LogP) is 0.659. The first-order valence-electron chi connectivity index (χ1n) is 7.32. The fourth-order valence-electron chi connectivity index (χ4n) is 2.82. The van der Waals surface area contributed by atoms with Gasteiger partial charge in [-0.3, -0.25) is 19.4 Å². The van der Waals surface area contributed by atoms with Gasteiger partial charge < -0.3 is 10.6 Å². The Kier molecular flexibility index (Phi) is 3.92. The lowest BCUT2D eigenvalue weighted by Gasteiger charge is -2.23. The van der Waals surface area contributed by atoms with Crippen LogP contribution in [0.3, 0.4) is 0 Å². The van der Waals surface area contributed by atoms with E-state index in [9.17, 15) is 19.2 Å². The van der Waals surface area contributed by atoms with Gasteiger partial charge in [-0.15, -0.1) is 0 Å². The number of urea groups is 2. The van der Waals surface area contributed by atoms with Gasteiger partial charge >= 0.3 is 12.1 Å². The number of hydrogen-bond donors (Lipinski definition) is 2. The van der Waals surface area contributed by atoms with Gasteiger partial charge in [0.05, 0.1) is 0 Å². The number of carbonyl (C=O) groups is 4.